The topological polar surface area (TPSA) is 129 Å². The predicted molar refractivity (Wildman–Crippen MR) is 195 cm³/mol. The van der Waals surface area contributed by atoms with Gasteiger partial charge in [-0.05, 0) is 49.2 Å². The van der Waals surface area contributed by atoms with E-state index in [1.807, 2.05) is 4.90 Å². The zero-order valence-corrected chi connectivity index (χ0v) is 29.2. The number of alkyl halides is 3. The number of imide groups is 1. The van der Waals surface area contributed by atoms with Crippen molar-refractivity contribution in [1.29, 1.82) is 0 Å². The number of benzene rings is 4. The summed E-state index contributed by atoms with van der Waals surface area (Å²) in [6.07, 6.45) is -3.68. The second-order valence-corrected chi connectivity index (χ2v) is 13.2. The quantitative estimate of drug-likeness (QED) is 0.146. The van der Waals surface area contributed by atoms with E-state index in [1.54, 1.807) is 84.9 Å². The van der Waals surface area contributed by atoms with Crippen LogP contribution in [0.2, 0.25) is 0 Å². The first-order chi connectivity index (χ1) is 26.0. The molecule has 0 unspecified atom stereocenters. The summed E-state index contributed by atoms with van der Waals surface area (Å²) >= 11 is 0. The van der Waals surface area contributed by atoms with Crippen LogP contribution < -0.4 is 5.32 Å². The van der Waals surface area contributed by atoms with E-state index in [0.29, 0.717) is 22.4 Å². The Morgan fingerprint density at radius 2 is 1.48 bits per heavy atom. The number of ether oxygens (including phenoxy) is 1. The zero-order chi connectivity index (χ0) is 38.2. The SMILES string of the molecule is O=C(CN1CCCCC1)Nc1ccccc1C(=N[C@H](C(=O)O)[C@H](CC(=O)N1C(=O)OC[C@@H]1c1ccccc1)c1ccccc1C(F)(F)F)c1ccccc1. The number of piperidine rings is 1. The van der Waals surface area contributed by atoms with Crippen LogP contribution in [-0.4, -0.2) is 76.8 Å². The van der Waals surface area contributed by atoms with Crippen LogP contribution in [0, 0.1) is 0 Å². The van der Waals surface area contributed by atoms with Gasteiger partial charge in [-0.3, -0.25) is 19.5 Å². The van der Waals surface area contributed by atoms with Gasteiger partial charge in [0, 0.05) is 23.5 Å². The van der Waals surface area contributed by atoms with Crippen molar-refractivity contribution >= 4 is 35.3 Å². The van der Waals surface area contributed by atoms with Gasteiger partial charge in [-0.2, -0.15) is 13.2 Å². The van der Waals surface area contributed by atoms with Crippen LogP contribution in [0.15, 0.2) is 114 Å². The highest BCUT2D eigenvalue weighted by atomic mass is 19.4. The molecule has 4 aromatic carbocycles. The first-order valence-electron chi connectivity index (χ1n) is 17.7. The van der Waals surface area contributed by atoms with E-state index < -0.39 is 59.7 Å². The fourth-order valence-electron chi connectivity index (χ4n) is 7.04. The Morgan fingerprint density at radius 1 is 0.852 bits per heavy atom. The summed E-state index contributed by atoms with van der Waals surface area (Å²) in [5.41, 5.74) is 0.0726. The predicted octanol–water partition coefficient (Wildman–Crippen LogP) is 7.31. The molecular formula is C41H39F3N4O6. The number of cyclic esters (lactones) is 1. The molecule has 2 N–H and O–H groups in total. The number of rotatable bonds is 12. The van der Waals surface area contributed by atoms with Crippen LogP contribution in [0.25, 0.3) is 0 Å². The monoisotopic (exact) mass is 740 g/mol. The largest absolute Gasteiger partial charge is 0.480 e. The minimum Gasteiger partial charge on any atom is -0.480 e. The van der Waals surface area contributed by atoms with Crippen molar-refractivity contribution in [2.24, 2.45) is 4.99 Å². The number of carbonyl (C=O) groups excluding carboxylic acids is 3. The van der Waals surface area contributed by atoms with Crippen LogP contribution in [-0.2, 0) is 25.3 Å². The number of aliphatic imine (C=N–C) groups is 1. The average Bonchev–Trinajstić information content (AvgIpc) is 3.57. The smallest absolute Gasteiger partial charge is 0.417 e. The maximum Gasteiger partial charge on any atom is 0.417 e. The Bertz CT molecular complexity index is 2000. The van der Waals surface area contributed by atoms with Crippen molar-refractivity contribution in [3.05, 3.63) is 137 Å². The molecule has 2 heterocycles. The Labute approximate surface area is 310 Å². The molecule has 0 bridgehead atoms. The Kier molecular flexibility index (Phi) is 11.9. The molecule has 0 aliphatic carbocycles. The lowest BCUT2D eigenvalue weighted by atomic mass is 9.84. The molecule has 6 rings (SSSR count). The zero-order valence-electron chi connectivity index (χ0n) is 29.2. The summed E-state index contributed by atoms with van der Waals surface area (Å²) in [6, 6.07) is 25.2. The van der Waals surface area contributed by atoms with Crippen molar-refractivity contribution in [2.75, 3.05) is 31.6 Å². The number of hydrogen-bond acceptors (Lipinski definition) is 7. The molecule has 0 radical (unpaired) electrons. The molecule has 3 atom stereocenters. The Hall–Kier alpha value is -5.82. The number of amides is 3. The number of nitrogens with one attached hydrogen (secondary N) is 1. The van der Waals surface area contributed by atoms with Crippen LogP contribution in [0.1, 0.15) is 65.5 Å². The first-order valence-corrected chi connectivity index (χ1v) is 17.7. The summed E-state index contributed by atoms with van der Waals surface area (Å²) in [5.74, 6) is -4.54. The summed E-state index contributed by atoms with van der Waals surface area (Å²) in [6.45, 7) is 1.53. The number of halogens is 3. The standard InChI is InChI=1S/C41H39F3N4O6/c42-41(43,44)32-20-10-8-18-29(32)31(24-36(50)48-34(26-54-40(48)53)27-14-4-1-5-15-27)38(39(51)52)46-37(28-16-6-2-7-17-28)30-19-9-11-21-33(30)45-35(49)25-47-22-12-3-13-23-47/h1-2,4-11,14-21,31,34,38H,3,12-13,22-26H2,(H,45,49)(H,51,52)/t31-,34-,38+/m1/s1. The maximum atomic E-state index is 14.6. The number of aliphatic carboxylic acids is 1. The van der Waals surface area contributed by atoms with Crippen LogP contribution in [0.4, 0.5) is 23.7 Å². The summed E-state index contributed by atoms with van der Waals surface area (Å²) in [5, 5.41) is 13.7. The lowest BCUT2D eigenvalue weighted by Gasteiger charge is -2.28. The molecule has 0 spiro atoms. The average molecular weight is 741 g/mol. The number of hydrogen-bond donors (Lipinski definition) is 2. The normalized spacial score (nSPS) is 17.8. The van der Waals surface area contributed by atoms with Crippen molar-refractivity contribution in [3.63, 3.8) is 0 Å². The molecule has 13 heteroatoms. The summed E-state index contributed by atoms with van der Waals surface area (Å²) < 4.78 is 49.0. The van der Waals surface area contributed by atoms with E-state index in [9.17, 15) is 37.5 Å². The van der Waals surface area contributed by atoms with Gasteiger partial charge < -0.3 is 15.2 Å². The number of carbonyl (C=O) groups is 4. The van der Waals surface area contributed by atoms with Gasteiger partial charge in [0.2, 0.25) is 11.8 Å². The molecule has 0 aromatic heterocycles. The van der Waals surface area contributed by atoms with Gasteiger partial charge in [0.1, 0.15) is 12.6 Å². The highest BCUT2D eigenvalue weighted by molar-refractivity contribution is 6.17. The molecule has 3 amide bonds. The fraction of sp³-hybridized carbons (Fsp3) is 0.293. The van der Waals surface area contributed by atoms with E-state index in [0.717, 1.165) is 49.4 Å². The minimum atomic E-state index is -4.92. The van der Waals surface area contributed by atoms with Crippen molar-refractivity contribution in [2.45, 2.75) is 49.9 Å². The third-order valence-electron chi connectivity index (χ3n) is 9.61. The number of carboxylic acid groups (broad SMARTS) is 1. The van der Waals surface area contributed by atoms with E-state index >= 15 is 0 Å². The van der Waals surface area contributed by atoms with Crippen LogP contribution in [0.3, 0.4) is 0 Å². The number of anilines is 1. The van der Waals surface area contributed by atoms with Crippen molar-refractivity contribution in [1.82, 2.24) is 9.80 Å². The van der Waals surface area contributed by atoms with Gasteiger partial charge in [-0.1, -0.05) is 103 Å². The molecule has 2 aliphatic rings. The summed E-state index contributed by atoms with van der Waals surface area (Å²) in [4.78, 5) is 61.3. The fourth-order valence-corrected chi connectivity index (χ4v) is 7.04. The molecule has 4 aromatic rings. The third kappa shape index (κ3) is 8.85. The van der Waals surface area contributed by atoms with Gasteiger partial charge >= 0.3 is 18.2 Å². The van der Waals surface area contributed by atoms with E-state index in [-0.39, 0.29) is 24.8 Å². The van der Waals surface area contributed by atoms with Crippen LogP contribution in [0.5, 0.6) is 0 Å². The van der Waals surface area contributed by atoms with Gasteiger partial charge in [0.05, 0.1) is 23.5 Å². The van der Waals surface area contributed by atoms with E-state index in [1.165, 1.54) is 12.1 Å². The van der Waals surface area contributed by atoms with Crippen molar-refractivity contribution < 1.29 is 42.2 Å². The second-order valence-electron chi connectivity index (χ2n) is 13.2. The molecule has 2 aliphatic heterocycles. The lowest BCUT2D eigenvalue weighted by molar-refractivity contribution is -0.142. The summed E-state index contributed by atoms with van der Waals surface area (Å²) in [7, 11) is 0. The van der Waals surface area contributed by atoms with Gasteiger partial charge in [-0.15, -0.1) is 0 Å². The lowest BCUT2D eigenvalue weighted by Crippen LogP contribution is -2.38. The molecule has 0 saturated carbocycles. The molecule has 280 valence electrons. The van der Waals surface area contributed by atoms with Gasteiger partial charge in [-0.25, -0.2) is 14.5 Å². The number of carboxylic acids is 1. The number of nitrogens with zero attached hydrogens (tertiary/aromatic N) is 3. The van der Waals surface area contributed by atoms with Gasteiger partial charge in [0.25, 0.3) is 0 Å². The highest BCUT2D eigenvalue weighted by Gasteiger charge is 2.44. The molecule has 2 saturated heterocycles. The number of para-hydroxylation sites is 1. The van der Waals surface area contributed by atoms with Gasteiger partial charge in [0.15, 0.2) is 6.04 Å². The Morgan fingerprint density at radius 3 is 2.17 bits per heavy atom. The minimum absolute atomic E-state index is 0.0709. The van der Waals surface area contributed by atoms with E-state index in [4.69, 9.17) is 4.74 Å². The highest BCUT2D eigenvalue weighted by Crippen LogP contribution is 2.40. The number of likely N-dealkylation sites (tertiary alicyclic amines) is 1. The molecule has 10 nitrogen and oxygen atoms in total. The third-order valence-corrected chi connectivity index (χ3v) is 9.61. The maximum absolute atomic E-state index is 14.6. The van der Waals surface area contributed by atoms with E-state index in [2.05, 4.69) is 10.3 Å². The molecule has 54 heavy (non-hydrogen) atoms. The van der Waals surface area contributed by atoms with Crippen LogP contribution >= 0.6 is 0 Å². The first kappa shape index (κ1) is 37.9. The second kappa shape index (κ2) is 16.9. The van der Waals surface area contributed by atoms with Crippen molar-refractivity contribution in [3.8, 4) is 0 Å². The molecular weight excluding hydrogens is 701 g/mol. The molecule has 2 fully saturated rings. The Balaban J connectivity index is 1.45.